The fourth-order valence-electron chi connectivity index (χ4n) is 1.33. The number of hydrogen-bond donors (Lipinski definition) is 0. The molecule has 0 unspecified atom stereocenters. The third-order valence-electron chi connectivity index (χ3n) is 2.12. The van der Waals surface area contributed by atoms with Crippen LogP contribution < -0.4 is 0 Å². The highest BCUT2D eigenvalue weighted by molar-refractivity contribution is 5.30. The minimum atomic E-state index is 1.07. The van der Waals surface area contributed by atoms with Gasteiger partial charge in [-0.2, -0.15) is 0 Å². The standard InChI is InChI=1S/C12H16/c1-4-5-6-12-9-10(2)7-8-11(12)3/h4,7-9H,1,5-6H2,2-3H3. The van der Waals surface area contributed by atoms with Crippen LogP contribution in [0.5, 0.6) is 0 Å². The van der Waals surface area contributed by atoms with Crippen LogP contribution in [0, 0.1) is 13.8 Å². The Morgan fingerprint density at radius 3 is 2.75 bits per heavy atom. The van der Waals surface area contributed by atoms with Crippen molar-refractivity contribution in [2.24, 2.45) is 0 Å². The molecule has 0 heteroatoms. The fraction of sp³-hybridized carbons (Fsp3) is 0.333. The summed E-state index contributed by atoms with van der Waals surface area (Å²) in [6.07, 6.45) is 4.17. The smallest absolute Gasteiger partial charge is 0.0242 e. The number of rotatable bonds is 3. The lowest BCUT2D eigenvalue weighted by Gasteiger charge is -2.04. The Balaban J connectivity index is 2.82. The summed E-state index contributed by atoms with van der Waals surface area (Å²) in [4.78, 5) is 0. The maximum absolute atomic E-state index is 3.73. The Bertz CT molecular complexity index is 271. The highest BCUT2D eigenvalue weighted by Crippen LogP contribution is 2.12. The van der Waals surface area contributed by atoms with E-state index in [1.54, 1.807) is 0 Å². The predicted octanol–water partition coefficient (Wildman–Crippen LogP) is 3.42. The second-order valence-electron chi connectivity index (χ2n) is 3.26. The van der Waals surface area contributed by atoms with Crippen LogP contribution in [0.4, 0.5) is 0 Å². The maximum atomic E-state index is 3.73. The molecule has 0 saturated carbocycles. The van der Waals surface area contributed by atoms with E-state index in [9.17, 15) is 0 Å². The molecule has 0 aliphatic carbocycles. The Hall–Kier alpha value is -1.04. The van der Waals surface area contributed by atoms with E-state index >= 15 is 0 Å². The van der Waals surface area contributed by atoms with Crippen LogP contribution in [0.15, 0.2) is 30.9 Å². The van der Waals surface area contributed by atoms with Gasteiger partial charge in [0.05, 0.1) is 0 Å². The summed E-state index contributed by atoms with van der Waals surface area (Å²) in [5, 5.41) is 0. The van der Waals surface area contributed by atoms with Crippen molar-refractivity contribution in [2.45, 2.75) is 26.7 Å². The van der Waals surface area contributed by atoms with Crippen molar-refractivity contribution < 1.29 is 0 Å². The normalized spacial score (nSPS) is 9.83. The molecule has 0 atom stereocenters. The number of allylic oxidation sites excluding steroid dienone is 1. The summed E-state index contributed by atoms with van der Waals surface area (Å²) >= 11 is 0. The molecule has 1 aromatic carbocycles. The van der Waals surface area contributed by atoms with E-state index in [1.807, 2.05) is 6.08 Å². The average Bonchev–Trinajstić information content (AvgIpc) is 2.07. The maximum Gasteiger partial charge on any atom is -0.0242 e. The van der Waals surface area contributed by atoms with Gasteiger partial charge < -0.3 is 0 Å². The van der Waals surface area contributed by atoms with Gasteiger partial charge in [-0.1, -0.05) is 29.8 Å². The van der Waals surface area contributed by atoms with Crippen molar-refractivity contribution in [2.75, 3.05) is 0 Å². The van der Waals surface area contributed by atoms with Crippen molar-refractivity contribution in [3.8, 4) is 0 Å². The molecule has 0 nitrogen and oxygen atoms in total. The Labute approximate surface area is 74.9 Å². The van der Waals surface area contributed by atoms with Gasteiger partial charge in [-0.25, -0.2) is 0 Å². The molecule has 64 valence electrons. The zero-order chi connectivity index (χ0) is 8.97. The predicted molar refractivity (Wildman–Crippen MR) is 54.4 cm³/mol. The molecule has 12 heavy (non-hydrogen) atoms. The third kappa shape index (κ3) is 2.23. The van der Waals surface area contributed by atoms with Gasteiger partial charge in [0.15, 0.2) is 0 Å². The van der Waals surface area contributed by atoms with Crippen LogP contribution in [0.3, 0.4) is 0 Å². The second kappa shape index (κ2) is 4.10. The summed E-state index contributed by atoms with van der Waals surface area (Å²) in [5.41, 5.74) is 4.19. The molecular formula is C12H16. The van der Waals surface area contributed by atoms with Crippen LogP contribution in [-0.2, 0) is 6.42 Å². The van der Waals surface area contributed by atoms with Gasteiger partial charge in [0.2, 0.25) is 0 Å². The fourth-order valence-corrected chi connectivity index (χ4v) is 1.33. The summed E-state index contributed by atoms with van der Waals surface area (Å²) in [6, 6.07) is 6.61. The van der Waals surface area contributed by atoms with Crippen LogP contribution >= 0.6 is 0 Å². The molecule has 0 aliphatic heterocycles. The van der Waals surface area contributed by atoms with Gasteiger partial charge in [-0.05, 0) is 37.8 Å². The zero-order valence-electron chi connectivity index (χ0n) is 7.93. The summed E-state index contributed by atoms with van der Waals surface area (Å²) < 4.78 is 0. The van der Waals surface area contributed by atoms with Crippen LogP contribution in [-0.4, -0.2) is 0 Å². The first-order valence-corrected chi connectivity index (χ1v) is 4.41. The highest BCUT2D eigenvalue weighted by Gasteiger charge is 1.96. The molecule has 0 spiro atoms. The Kier molecular flexibility index (Phi) is 3.09. The van der Waals surface area contributed by atoms with E-state index in [4.69, 9.17) is 0 Å². The van der Waals surface area contributed by atoms with E-state index in [1.165, 1.54) is 16.7 Å². The zero-order valence-corrected chi connectivity index (χ0v) is 7.93. The minimum Gasteiger partial charge on any atom is -0.103 e. The molecule has 1 aromatic rings. The van der Waals surface area contributed by atoms with E-state index in [2.05, 4.69) is 38.6 Å². The van der Waals surface area contributed by atoms with E-state index in [0.29, 0.717) is 0 Å². The first-order chi connectivity index (χ1) is 5.74. The van der Waals surface area contributed by atoms with Crippen molar-refractivity contribution in [3.05, 3.63) is 47.5 Å². The molecular weight excluding hydrogens is 144 g/mol. The Morgan fingerprint density at radius 1 is 1.33 bits per heavy atom. The molecule has 0 N–H and O–H groups in total. The lowest BCUT2D eigenvalue weighted by atomic mass is 10.0. The average molecular weight is 160 g/mol. The third-order valence-corrected chi connectivity index (χ3v) is 2.12. The minimum absolute atomic E-state index is 1.07. The highest BCUT2D eigenvalue weighted by atomic mass is 14.0. The first kappa shape index (κ1) is 9.05. The summed E-state index contributed by atoms with van der Waals surface area (Å²) in [7, 11) is 0. The Morgan fingerprint density at radius 2 is 2.08 bits per heavy atom. The van der Waals surface area contributed by atoms with Crippen LogP contribution in [0.25, 0.3) is 0 Å². The van der Waals surface area contributed by atoms with Gasteiger partial charge in [0.25, 0.3) is 0 Å². The van der Waals surface area contributed by atoms with Gasteiger partial charge in [0.1, 0.15) is 0 Å². The monoisotopic (exact) mass is 160 g/mol. The molecule has 0 fully saturated rings. The molecule has 0 saturated heterocycles. The molecule has 0 bridgehead atoms. The lowest BCUT2D eigenvalue weighted by Crippen LogP contribution is -1.89. The largest absolute Gasteiger partial charge is 0.103 e. The van der Waals surface area contributed by atoms with Gasteiger partial charge in [-0.3, -0.25) is 0 Å². The second-order valence-corrected chi connectivity index (χ2v) is 3.26. The number of benzene rings is 1. The van der Waals surface area contributed by atoms with Gasteiger partial charge >= 0.3 is 0 Å². The molecule has 1 rings (SSSR count). The SMILES string of the molecule is C=CCCc1cc(C)ccc1C. The molecule has 0 radical (unpaired) electrons. The lowest BCUT2D eigenvalue weighted by molar-refractivity contribution is 0.986. The topological polar surface area (TPSA) is 0 Å². The van der Waals surface area contributed by atoms with E-state index in [-0.39, 0.29) is 0 Å². The van der Waals surface area contributed by atoms with Gasteiger partial charge in [0, 0.05) is 0 Å². The van der Waals surface area contributed by atoms with Crippen molar-refractivity contribution >= 4 is 0 Å². The van der Waals surface area contributed by atoms with Crippen molar-refractivity contribution in [3.63, 3.8) is 0 Å². The van der Waals surface area contributed by atoms with Crippen molar-refractivity contribution in [1.29, 1.82) is 0 Å². The molecule has 0 amide bonds. The number of hydrogen-bond acceptors (Lipinski definition) is 0. The quantitative estimate of drug-likeness (QED) is 0.594. The molecule has 0 aliphatic rings. The summed E-state index contributed by atoms with van der Waals surface area (Å²) in [6.45, 7) is 8.03. The van der Waals surface area contributed by atoms with E-state index in [0.717, 1.165) is 12.8 Å². The summed E-state index contributed by atoms with van der Waals surface area (Å²) in [5.74, 6) is 0. The molecule has 0 heterocycles. The van der Waals surface area contributed by atoms with Crippen LogP contribution in [0.1, 0.15) is 23.1 Å². The van der Waals surface area contributed by atoms with Crippen LogP contribution in [0.2, 0.25) is 0 Å². The van der Waals surface area contributed by atoms with Gasteiger partial charge in [-0.15, -0.1) is 6.58 Å². The van der Waals surface area contributed by atoms with Crippen molar-refractivity contribution in [1.82, 2.24) is 0 Å². The molecule has 0 aromatic heterocycles. The number of aryl methyl sites for hydroxylation is 3. The first-order valence-electron chi connectivity index (χ1n) is 4.41. The van der Waals surface area contributed by atoms with E-state index < -0.39 is 0 Å².